The Kier molecular flexibility index (Phi) is 2.76. The highest BCUT2D eigenvalue weighted by Gasteiger charge is 2.60. The summed E-state index contributed by atoms with van der Waals surface area (Å²) in [6.07, 6.45) is -2.56. The Balaban J connectivity index is 2.26. The summed E-state index contributed by atoms with van der Waals surface area (Å²) in [5.41, 5.74) is -1.44. The molecular weight excluding hydrogens is 291 g/mol. The van der Waals surface area contributed by atoms with Crippen LogP contribution in [0.25, 0.3) is 0 Å². The Morgan fingerprint density at radius 3 is 2.25 bits per heavy atom. The van der Waals surface area contributed by atoms with Crippen LogP contribution in [0.3, 0.4) is 0 Å². The zero-order valence-corrected chi connectivity index (χ0v) is 11.6. The fourth-order valence-electron chi connectivity index (χ4n) is 3.43. The third-order valence-electron chi connectivity index (χ3n) is 4.46. The van der Waals surface area contributed by atoms with Crippen molar-refractivity contribution < 1.29 is 21.6 Å². The third kappa shape index (κ3) is 1.79. The largest absolute Gasteiger partial charge is 0.416 e. The predicted molar refractivity (Wildman–Crippen MR) is 66.7 cm³/mol. The van der Waals surface area contributed by atoms with Gasteiger partial charge in [0.15, 0.2) is 0 Å². The summed E-state index contributed by atoms with van der Waals surface area (Å²) >= 11 is 0. The maximum absolute atomic E-state index is 13.2. The number of hydrogen-bond donors (Lipinski definition) is 1. The number of halogens is 3. The van der Waals surface area contributed by atoms with Gasteiger partial charge in [0, 0.05) is 0 Å². The molecule has 0 saturated heterocycles. The minimum atomic E-state index is -4.54. The monoisotopic (exact) mass is 305 g/mol. The van der Waals surface area contributed by atoms with Crippen molar-refractivity contribution in [2.45, 2.75) is 35.7 Å². The predicted octanol–water partition coefficient (Wildman–Crippen LogP) is 2.67. The van der Waals surface area contributed by atoms with Crippen molar-refractivity contribution in [2.24, 2.45) is 5.92 Å². The molecule has 20 heavy (non-hydrogen) atoms. The molecule has 0 aliphatic heterocycles. The van der Waals surface area contributed by atoms with Crippen molar-refractivity contribution in [3.8, 4) is 0 Å². The summed E-state index contributed by atoms with van der Waals surface area (Å²) in [6, 6.07) is 3.39. The van der Waals surface area contributed by atoms with Crippen molar-refractivity contribution >= 4 is 10.0 Å². The van der Waals surface area contributed by atoms with Crippen LogP contribution in [0.4, 0.5) is 13.2 Å². The van der Waals surface area contributed by atoms with Gasteiger partial charge in [-0.3, -0.25) is 0 Å². The first kappa shape index (κ1) is 13.9. The lowest BCUT2D eigenvalue weighted by atomic mass is 9.42. The summed E-state index contributed by atoms with van der Waals surface area (Å²) in [7, 11) is -2.69. The van der Waals surface area contributed by atoms with E-state index in [0.29, 0.717) is 25.2 Å². The highest BCUT2D eigenvalue weighted by atomic mass is 32.2. The minimum absolute atomic E-state index is 0.0376. The molecule has 7 heteroatoms. The quantitative estimate of drug-likeness (QED) is 0.933. The average molecular weight is 305 g/mol. The minimum Gasteiger partial charge on any atom is -0.214 e. The van der Waals surface area contributed by atoms with Crippen molar-refractivity contribution in [3.63, 3.8) is 0 Å². The highest BCUT2D eigenvalue weighted by Crippen LogP contribution is 2.67. The summed E-state index contributed by atoms with van der Waals surface area (Å²) in [4.78, 5) is -0.229. The second kappa shape index (κ2) is 3.98. The Morgan fingerprint density at radius 2 is 1.85 bits per heavy atom. The summed E-state index contributed by atoms with van der Waals surface area (Å²) in [5, 5.41) is 0. The molecule has 3 saturated carbocycles. The molecule has 0 atom stereocenters. The topological polar surface area (TPSA) is 46.2 Å². The van der Waals surface area contributed by atoms with E-state index in [-0.39, 0.29) is 10.5 Å². The maximum atomic E-state index is 13.2. The molecule has 1 aromatic rings. The molecule has 0 radical (unpaired) electrons. The van der Waals surface area contributed by atoms with Crippen molar-refractivity contribution in [3.05, 3.63) is 29.3 Å². The number of alkyl halides is 3. The van der Waals surface area contributed by atoms with E-state index in [1.165, 1.54) is 13.1 Å². The van der Waals surface area contributed by atoms with Crippen LogP contribution in [-0.2, 0) is 21.6 Å². The molecule has 3 fully saturated rings. The van der Waals surface area contributed by atoms with Crippen molar-refractivity contribution in [1.82, 2.24) is 4.72 Å². The van der Waals surface area contributed by atoms with Crippen LogP contribution in [0.5, 0.6) is 0 Å². The lowest BCUT2D eigenvalue weighted by Gasteiger charge is -2.63. The molecule has 0 aromatic heterocycles. The van der Waals surface area contributed by atoms with Gasteiger partial charge in [0.25, 0.3) is 0 Å². The molecule has 0 unspecified atom stereocenters. The molecule has 1 N–H and O–H groups in total. The normalized spacial score (nSPS) is 28.7. The van der Waals surface area contributed by atoms with Gasteiger partial charge in [-0.25, -0.2) is 13.1 Å². The number of benzene rings is 1. The Labute approximate surface area is 115 Å². The van der Waals surface area contributed by atoms with Gasteiger partial charge in [-0.15, -0.1) is 0 Å². The molecule has 0 amide bonds. The molecule has 1 aromatic carbocycles. The third-order valence-corrected chi connectivity index (χ3v) is 5.92. The molecule has 4 rings (SSSR count). The second-order valence-corrected chi connectivity index (χ2v) is 7.50. The van der Waals surface area contributed by atoms with Crippen LogP contribution in [0, 0.1) is 5.92 Å². The average Bonchev–Trinajstić information content (AvgIpc) is 2.23. The van der Waals surface area contributed by atoms with Gasteiger partial charge in [0.05, 0.1) is 10.5 Å². The Hall–Kier alpha value is -1.08. The van der Waals surface area contributed by atoms with E-state index in [2.05, 4.69) is 4.72 Å². The van der Waals surface area contributed by atoms with Gasteiger partial charge in [-0.2, -0.15) is 13.2 Å². The van der Waals surface area contributed by atoms with Crippen molar-refractivity contribution in [1.29, 1.82) is 0 Å². The van der Waals surface area contributed by atoms with E-state index in [4.69, 9.17) is 0 Å². The maximum Gasteiger partial charge on any atom is 0.416 e. The lowest BCUT2D eigenvalue weighted by Crippen LogP contribution is -2.56. The van der Waals surface area contributed by atoms with Gasteiger partial charge in [0.1, 0.15) is 0 Å². The van der Waals surface area contributed by atoms with Gasteiger partial charge in [-0.05, 0) is 55.3 Å². The first-order valence-electron chi connectivity index (χ1n) is 6.34. The first-order valence-corrected chi connectivity index (χ1v) is 7.82. The molecule has 3 aliphatic carbocycles. The molecule has 0 heterocycles. The van der Waals surface area contributed by atoms with Crippen LogP contribution in [0.15, 0.2) is 23.1 Å². The van der Waals surface area contributed by atoms with Crippen LogP contribution >= 0.6 is 0 Å². The van der Waals surface area contributed by atoms with E-state index in [9.17, 15) is 21.6 Å². The van der Waals surface area contributed by atoms with Gasteiger partial charge < -0.3 is 0 Å². The second-order valence-electron chi connectivity index (χ2n) is 5.64. The summed E-state index contributed by atoms with van der Waals surface area (Å²) in [5.74, 6) is 0.460. The zero-order valence-electron chi connectivity index (χ0n) is 10.8. The number of sulfonamides is 1. The molecule has 3 aliphatic rings. The SMILES string of the molecule is CNS(=O)(=O)c1cccc(C(F)(F)F)c1C12CC(C1)C2. The van der Waals surface area contributed by atoms with Gasteiger partial charge >= 0.3 is 6.18 Å². The number of rotatable bonds is 3. The fourth-order valence-corrected chi connectivity index (χ4v) is 4.51. The Morgan fingerprint density at radius 1 is 1.25 bits per heavy atom. The van der Waals surface area contributed by atoms with E-state index >= 15 is 0 Å². The molecular formula is C13H14F3NO2S. The van der Waals surface area contributed by atoms with Gasteiger partial charge in [-0.1, -0.05) is 6.07 Å². The van der Waals surface area contributed by atoms with Crippen LogP contribution < -0.4 is 4.72 Å². The van der Waals surface area contributed by atoms with Gasteiger partial charge in [0.2, 0.25) is 10.0 Å². The van der Waals surface area contributed by atoms with Crippen LogP contribution in [-0.4, -0.2) is 15.5 Å². The molecule has 2 bridgehead atoms. The zero-order chi connectivity index (χ0) is 14.8. The lowest BCUT2D eigenvalue weighted by molar-refractivity contribution is -0.142. The molecule has 3 nitrogen and oxygen atoms in total. The van der Waals surface area contributed by atoms with Crippen molar-refractivity contribution in [2.75, 3.05) is 7.05 Å². The molecule has 0 spiro atoms. The van der Waals surface area contributed by atoms with Crippen LogP contribution in [0.2, 0.25) is 0 Å². The summed E-state index contributed by atoms with van der Waals surface area (Å²) < 4.78 is 65.8. The smallest absolute Gasteiger partial charge is 0.214 e. The number of hydrogen-bond acceptors (Lipinski definition) is 2. The fraction of sp³-hybridized carbons (Fsp3) is 0.538. The number of nitrogens with one attached hydrogen (secondary N) is 1. The summed E-state index contributed by atoms with van der Waals surface area (Å²) in [6.45, 7) is 0. The van der Waals surface area contributed by atoms with E-state index in [1.807, 2.05) is 0 Å². The first-order chi connectivity index (χ1) is 9.20. The highest BCUT2D eigenvalue weighted by molar-refractivity contribution is 7.89. The standard InChI is InChI=1S/C13H14F3NO2S/c1-17-20(18,19)10-4-2-3-9(13(14,15)16)11(10)12-5-8(6-12)7-12/h2-4,8,17H,5-7H2,1H3. The van der Waals surface area contributed by atoms with Crippen LogP contribution in [0.1, 0.15) is 30.4 Å². The Bertz CT molecular complexity index is 650. The van der Waals surface area contributed by atoms with E-state index < -0.39 is 27.2 Å². The van der Waals surface area contributed by atoms with E-state index in [1.54, 1.807) is 0 Å². The van der Waals surface area contributed by atoms with E-state index in [0.717, 1.165) is 12.1 Å². The molecule has 110 valence electrons.